The van der Waals surface area contributed by atoms with Gasteiger partial charge in [0.05, 0.1) is 6.20 Å². The lowest BCUT2D eigenvalue weighted by molar-refractivity contribution is -0.744. The van der Waals surface area contributed by atoms with Gasteiger partial charge in [-0.05, 0) is 22.6 Å². The van der Waals surface area contributed by atoms with Gasteiger partial charge in [-0.25, -0.2) is 4.57 Å². The lowest BCUT2D eigenvalue weighted by Gasteiger charge is -2.00. The molecule has 0 aliphatic rings. The molecule has 2 aromatic heterocycles. The molecule has 0 aliphatic heterocycles. The lowest BCUT2D eigenvalue weighted by Crippen LogP contribution is -2.38. The predicted octanol–water partition coefficient (Wildman–Crippen LogP) is 0.731. The van der Waals surface area contributed by atoms with Crippen LogP contribution in [0.5, 0.6) is 0 Å². The zero-order valence-corrected chi connectivity index (χ0v) is 10.3. The minimum absolute atomic E-state index is 1.20. The summed E-state index contributed by atoms with van der Waals surface area (Å²) in [7, 11) is 4.06. The predicted molar refractivity (Wildman–Crippen MR) is 60.8 cm³/mol. The van der Waals surface area contributed by atoms with Crippen LogP contribution in [0.25, 0.3) is 5.69 Å². The minimum atomic E-state index is 1.20. The van der Waals surface area contributed by atoms with E-state index in [0.717, 1.165) is 0 Å². The molecule has 0 N–H and O–H groups in total. The summed E-state index contributed by atoms with van der Waals surface area (Å²) in [5, 5.41) is 0. The number of hydrogen-bond donors (Lipinski definition) is 0. The molecule has 4 heteroatoms. The van der Waals surface area contributed by atoms with E-state index in [9.17, 15) is 0 Å². The zero-order chi connectivity index (χ0) is 10.1. The third kappa shape index (κ3) is 1.66. The van der Waals surface area contributed by atoms with Crippen LogP contribution >= 0.6 is 22.6 Å². The fourth-order valence-electron chi connectivity index (χ4n) is 1.41. The van der Waals surface area contributed by atoms with E-state index in [1.807, 2.05) is 26.4 Å². The SMILES string of the molecule is C[n+]1ccc(-n2ccc[n+]2C)c(I)c1. The quantitative estimate of drug-likeness (QED) is 0.544. The van der Waals surface area contributed by atoms with Gasteiger partial charge in [0.25, 0.3) is 0 Å². The van der Waals surface area contributed by atoms with Crippen molar-refractivity contribution in [3.63, 3.8) is 0 Å². The van der Waals surface area contributed by atoms with Crippen LogP contribution in [0.15, 0.2) is 36.9 Å². The van der Waals surface area contributed by atoms with E-state index in [4.69, 9.17) is 0 Å². The lowest BCUT2D eigenvalue weighted by atomic mass is 10.4. The second-order valence-electron chi connectivity index (χ2n) is 3.25. The Balaban J connectivity index is 2.58. The van der Waals surface area contributed by atoms with Gasteiger partial charge in [0.1, 0.15) is 16.3 Å². The fraction of sp³-hybridized carbons (Fsp3) is 0.200. The van der Waals surface area contributed by atoms with Gasteiger partial charge in [-0.15, -0.1) is 9.36 Å². The molecule has 14 heavy (non-hydrogen) atoms. The first-order chi connectivity index (χ1) is 6.68. The molecule has 0 unspecified atom stereocenters. The minimum Gasteiger partial charge on any atom is -0.207 e. The molecule has 2 rings (SSSR count). The Kier molecular flexibility index (Phi) is 2.54. The molecule has 2 heterocycles. The van der Waals surface area contributed by atoms with Crippen molar-refractivity contribution >= 4 is 22.6 Å². The number of hydrogen-bond acceptors (Lipinski definition) is 0. The number of pyridine rings is 1. The average molecular weight is 301 g/mol. The van der Waals surface area contributed by atoms with Gasteiger partial charge >= 0.3 is 0 Å². The maximum absolute atomic E-state index is 2.35. The Labute approximate surface area is 96.7 Å². The summed E-state index contributed by atoms with van der Waals surface area (Å²) in [6, 6.07) is 4.14. The first-order valence-corrected chi connectivity index (χ1v) is 5.45. The molecule has 0 saturated heterocycles. The highest BCUT2D eigenvalue weighted by atomic mass is 127. The van der Waals surface area contributed by atoms with Crippen molar-refractivity contribution in [2.24, 2.45) is 14.1 Å². The second kappa shape index (κ2) is 3.68. The van der Waals surface area contributed by atoms with E-state index >= 15 is 0 Å². The normalized spacial score (nSPS) is 10.5. The van der Waals surface area contributed by atoms with Gasteiger partial charge in [-0.3, -0.25) is 0 Å². The molecule has 3 nitrogen and oxygen atoms in total. The van der Waals surface area contributed by atoms with Crippen LogP contribution in [0.3, 0.4) is 0 Å². The van der Waals surface area contributed by atoms with E-state index in [2.05, 4.69) is 61.2 Å². The van der Waals surface area contributed by atoms with Gasteiger partial charge in [-0.1, -0.05) is 0 Å². The largest absolute Gasteiger partial charge is 0.207 e. The van der Waals surface area contributed by atoms with E-state index in [0.29, 0.717) is 0 Å². The maximum atomic E-state index is 2.35. The summed E-state index contributed by atoms with van der Waals surface area (Å²) in [6.07, 6.45) is 8.24. The van der Waals surface area contributed by atoms with Crippen LogP contribution < -0.4 is 9.25 Å². The van der Waals surface area contributed by atoms with Crippen LogP contribution in [-0.2, 0) is 14.1 Å². The molecule has 0 amide bonds. The summed E-state index contributed by atoms with van der Waals surface area (Å²) in [4.78, 5) is 0. The fourth-order valence-corrected chi connectivity index (χ4v) is 2.28. The van der Waals surface area contributed by atoms with Crippen molar-refractivity contribution in [3.05, 3.63) is 40.5 Å². The highest BCUT2D eigenvalue weighted by Crippen LogP contribution is 2.12. The highest BCUT2D eigenvalue weighted by molar-refractivity contribution is 14.1. The van der Waals surface area contributed by atoms with Gasteiger partial charge in [0, 0.05) is 12.1 Å². The molecule has 0 fully saturated rings. The summed E-state index contributed by atoms with van der Waals surface area (Å²) < 4.78 is 7.45. The van der Waals surface area contributed by atoms with Crippen molar-refractivity contribution in [3.8, 4) is 5.69 Å². The summed E-state index contributed by atoms with van der Waals surface area (Å²) in [5.41, 5.74) is 1.20. The number of aromatic nitrogens is 3. The Morgan fingerprint density at radius 2 is 2.07 bits per heavy atom. The molecule has 0 spiro atoms. The molecule has 0 radical (unpaired) electrons. The average Bonchev–Trinajstić information content (AvgIpc) is 2.52. The number of aryl methyl sites for hydroxylation is 2. The Hall–Kier alpha value is -0.910. The molecular weight excluding hydrogens is 289 g/mol. The molecular formula is C10H12IN3+2. The summed E-state index contributed by atoms with van der Waals surface area (Å²) in [5.74, 6) is 0. The van der Waals surface area contributed by atoms with E-state index in [1.165, 1.54) is 9.26 Å². The second-order valence-corrected chi connectivity index (χ2v) is 4.41. The Morgan fingerprint density at radius 3 is 2.64 bits per heavy atom. The molecule has 0 aromatic carbocycles. The molecule has 0 bridgehead atoms. The first kappa shape index (κ1) is 9.64. The van der Waals surface area contributed by atoms with Crippen LogP contribution in [-0.4, -0.2) is 4.68 Å². The third-order valence-corrected chi connectivity index (χ3v) is 2.98. The molecule has 2 aromatic rings. The maximum Gasteiger partial charge on any atom is 0.195 e. The van der Waals surface area contributed by atoms with Crippen LogP contribution in [0.1, 0.15) is 0 Å². The molecule has 0 aliphatic carbocycles. The van der Waals surface area contributed by atoms with Gasteiger partial charge in [0.15, 0.2) is 25.6 Å². The Bertz CT molecular complexity index is 462. The van der Waals surface area contributed by atoms with Crippen LogP contribution in [0, 0.1) is 3.57 Å². The molecule has 72 valence electrons. The Morgan fingerprint density at radius 1 is 1.29 bits per heavy atom. The van der Waals surface area contributed by atoms with Gasteiger partial charge in [0.2, 0.25) is 0 Å². The molecule has 0 atom stereocenters. The highest BCUT2D eigenvalue weighted by Gasteiger charge is 2.11. The van der Waals surface area contributed by atoms with E-state index < -0.39 is 0 Å². The standard InChI is InChI=1S/C10H12IN3/c1-12-7-4-10(9(11)8-12)14-6-3-5-13(14)2/h3-8H,1-2H3/q+2. The first-order valence-electron chi connectivity index (χ1n) is 4.37. The van der Waals surface area contributed by atoms with Crippen molar-refractivity contribution < 1.29 is 9.25 Å². The van der Waals surface area contributed by atoms with Crippen molar-refractivity contribution in [1.82, 2.24) is 4.68 Å². The van der Waals surface area contributed by atoms with Crippen molar-refractivity contribution in [2.45, 2.75) is 0 Å². The van der Waals surface area contributed by atoms with Gasteiger partial charge < -0.3 is 0 Å². The van der Waals surface area contributed by atoms with E-state index in [1.54, 1.807) is 0 Å². The zero-order valence-electron chi connectivity index (χ0n) is 8.18. The third-order valence-electron chi connectivity index (χ3n) is 2.14. The summed E-state index contributed by atoms with van der Waals surface area (Å²) in [6.45, 7) is 0. The van der Waals surface area contributed by atoms with E-state index in [-0.39, 0.29) is 0 Å². The topological polar surface area (TPSA) is 12.7 Å². The monoisotopic (exact) mass is 301 g/mol. The van der Waals surface area contributed by atoms with Crippen molar-refractivity contribution in [1.29, 1.82) is 0 Å². The van der Waals surface area contributed by atoms with Crippen LogP contribution in [0.4, 0.5) is 0 Å². The van der Waals surface area contributed by atoms with Crippen molar-refractivity contribution in [2.75, 3.05) is 0 Å². The number of rotatable bonds is 1. The molecule has 0 saturated carbocycles. The smallest absolute Gasteiger partial charge is 0.195 e. The summed E-state index contributed by atoms with van der Waals surface area (Å²) >= 11 is 2.35. The number of nitrogens with zero attached hydrogens (tertiary/aromatic N) is 3. The van der Waals surface area contributed by atoms with Gasteiger partial charge in [-0.2, -0.15) is 0 Å². The number of halogens is 1. The van der Waals surface area contributed by atoms with Crippen LogP contribution in [0.2, 0.25) is 0 Å².